The number of hydrogen-bond donors (Lipinski definition) is 2. The van der Waals surface area contributed by atoms with Crippen molar-refractivity contribution < 1.29 is 26.3 Å². The van der Waals surface area contributed by atoms with Crippen LogP contribution in [0.1, 0.15) is 42.5 Å². The normalized spacial score (nSPS) is 17.1. The van der Waals surface area contributed by atoms with E-state index in [9.17, 15) is 26.3 Å². The van der Waals surface area contributed by atoms with Gasteiger partial charge >= 0.3 is 12.4 Å². The zero-order valence-corrected chi connectivity index (χ0v) is 16.9. The second kappa shape index (κ2) is 8.89. The molecule has 0 aromatic carbocycles. The Bertz CT molecular complexity index is 1130. The summed E-state index contributed by atoms with van der Waals surface area (Å²) in [7, 11) is 0. The lowest BCUT2D eigenvalue weighted by Crippen LogP contribution is -2.28. The van der Waals surface area contributed by atoms with Gasteiger partial charge in [0.05, 0.1) is 6.04 Å². The van der Waals surface area contributed by atoms with E-state index in [0.717, 1.165) is 31.2 Å². The van der Waals surface area contributed by atoms with Crippen LogP contribution in [0, 0.1) is 0 Å². The standard InChI is InChI=1S/C20H17F6N7/c21-19(22,23)14-6-3-5-13(30-14)17-31-16(12-4-1-2-8-27-12)32-18(33-17)29-11-7-9-28-15(10-11)20(24,25)26/h3,5-7,9-10,12,27H,1-2,4,8H2,(H,28,29,31,32,33). The van der Waals surface area contributed by atoms with Gasteiger partial charge in [-0.2, -0.15) is 36.3 Å². The van der Waals surface area contributed by atoms with Crippen LogP contribution in [0.25, 0.3) is 11.5 Å². The highest BCUT2D eigenvalue weighted by molar-refractivity contribution is 5.57. The molecule has 7 nitrogen and oxygen atoms in total. The fourth-order valence-electron chi connectivity index (χ4n) is 3.30. The predicted octanol–water partition coefficient (Wildman–Crippen LogP) is 4.92. The number of halogens is 6. The van der Waals surface area contributed by atoms with Gasteiger partial charge in [0.15, 0.2) is 11.6 Å². The van der Waals surface area contributed by atoms with Crippen LogP contribution in [0.3, 0.4) is 0 Å². The number of anilines is 2. The highest BCUT2D eigenvalue weighted by Crippen LogP contribution is 2.31. The molecule has 3 aromatic heterocycles. The predicted molar refractivity (Wildman–Crippen MR) is 105 cm³/mol. The van der Waals surface area contributed by atoms with Crippen LogP contribution in [0.2, 0.25) is 0 Å². The molecule has 0 radical (unpaired) electrons. The molecule has 0 spiro atoms. The molecule has 0 amide bonds. The van der Waals surface area contributed by atoms with Gasteiger partial charge in [0.25, 0.3) is 0 Å². The zero-order chi connectivity index (χ0) is 23.6. The topological polar surface area (TPSA) is 88.5 Å². The van der Waals surface area contributed by atoms with Crippen molar-refractivity contribution in [1.82, 2.24) is 30.2 Å². The third-order valence-corrected chi connectivity index (χ3v) is 4.85. The van der Waals surface area contributed by atoms with E-state index in [-0.39, 0.29) is 35.0 Å². The van der Waals surface area contributed by atoms with E-state index in [0.29, 0.717) is 13.0 Å². The van der Waals surface area contributed by atoms with Gasteiger partial charge in [-0.1, -0.05) is 12.5 Å². The van der Waals surface area contributed by atoms with Crippen molar-refractivity contribution in [2.24, 2.45) is 0 Å². The van der Waals surface area contributed by atoms with Crippen LogP contribution < -0.4 is 10.6 Å². The lowest BCUT2D eigenvalue weighted by Gasteiger charge is -2.22. The SMILES string of the molecule is FC(F)(F)c1cc(Nc2nc(-c3cccc(C(F)(F)F)n3)nc(C3CCCCN3)n2)ccn1. The maximum atomic E-state index is 13.1. The maximum Gasteiger partial charge on any atom is 0.433 e. The van der Waals surface area contributed by atoms with Crippen LogP contribution in [0.4, 0.5) is 38.0 Å². The van der Waals surface area contributed by atoms with Crippen molar-refractivity contribution in [3.05, 3.63) is 53.7 Å². The molecule has 1 fully saturated rings. The monoisotopic (exact) mass is 469 g/mol. The first kappa shape index (κ1) is 22.8. The molecule has 0 saturated carbocycles. The van der Waals surface area contributed by atoms with Crippen LogP contribution >= 0.6 is 0 Å². The Kier molecular flexibility index (Phi) is 6.15. The molecule has 1 aliphatic rings. The molecule has 1 saturated heterocycles. The van der Waals surface area contributed by atoms with Crippen LogP contribution in [-0.4, -0.2) is 31.5 Å². The van der Waals surface area contributed by atoms with E-state index >= 15 is 0 Å². The quantitative estimate of drug-likeness (QED) is 0.524. The minimum absolute atomic E-state index is 0.00836. The molecule has 1 atom stereocenters. The lowest BCUT2D eigenvalue weighted by atomic mass is 10.0. The van der Waals surface area contributed by atoms with Gasteiger partial charge in [-0.3, -0.25) is 4.98 Å². The van der Waals surface area contributed by atoms with Crippen molar-refractivity contribution in [2.45, 2.75) is 37.7 Å². The van der Waals surface area contributed by atoms with Crippen molar-refractivity contribution in [2.75, 3.05) is 11.9 Å². The van der Waals surface area contributed by atoms with Gasteiger partial charge in [-0.05, 0) is 43.7 Å². The van der Waals surface area contributed by atoms with Gasteiger partial charge in [-0.25, -0.2) is 9.97 Å². The number of nitrogens with zero attached hydrogens (tertiary/aromatic N) is 5. The number of aromatic nitrogens is 5. The molecule has 33 heavy (non-hydrogen) atoms. The Morgan fingerprint density at radius 2 is 1.67 bits per heavy atom. The third kappa shape index (κ3) is 5.53. The highest BCUT2D eigenvalue weighted by Gasteiger charge is 2.33. The molecule has 2 N–H and O–H groups in total. The van der Waals surface area contributed by atoms with Crippen LogP contribution in [0.15, 0.2) is 36.5 Å². The summed E-state index contributed by atoms with van der Waals surface area (Å²) < 4.78 is 78.3. The van der Waals surface area contributed by atoms with Crippen molar-refractivity contribution in [1.29, 1.82) is 0 Å². The summed E-state index contributed by atoms with van der Waals surface area (Å²) in [6, 6.07) is 5.11. The molecule has 0 bridgehead atoms. The van der Waals surface area contributed by atoms with E-state index in [1.165, 1.54) is 18.2 Å². The summed E-state index contributed by atoms with van der Waals surface area (Å²) >= 11 is 0. The van der Waals surface area contributed by atoms with E-state index in [2.05, 4.69) is 35.6 Å². The number of rotatable bonds is 4. The highest BCUT2D eigenvalue weighted by atomic mass is 19.4. The fourth-order valence-corrected chi connectivity index (χ4v) is 3.30. The molecule has 174 valence electrons. The van der Waals surface area contributed by atoms with E-state index < -0.39 is 23.7 Å². The fraction of sp³-hybridized carbons (Fsp3) is 0.350. The van der Waals surface area contributed by atoms with Crippen LogP contribution in [-0.2, 0) is 12.4 Å². The number of alkyl halides is 6. The summed E-state index contributed by atoms with van der Waals surface area (Å²) in [5, 5.41) is 5.90. The second-order valence-corrected chi connectivity index (χ2v) is 7.30. The number of hydrogen-bond acceptors (Lipinski definition) is 7. The van der Waals surface area contributed by atoms with Gasteiger partial charge in [0, 0.05) is 11.9 Å². The lowest BCUT2D eigenvalue weighted by molar-refractivity contribution is -0.141. The summed E-state index contributed by atoms with van der Waals surface area (Å²) in [5.74, 6) is -0.00139. The first-order chi connectivity index (χ1) is 15.6. The second-order valence-electron chi connectivity index (χ2n) is 7.30. The van der Waals surface area contributed by atoms with Crippen molar-refractivity contribution in [3.8, 4) is 11.5 Å². The average molecular weight is 469 g/mol. The largest absolute Gasteiger partial charge is 0.433 e. The average Bonchev–Trinajstić information content (AvgIpc) is 2.79. The van der Waals surface area contributed by atoms with Crippen LogP contribution in [0.5, 0.6) is 0 Å². The minimum Gasteiger partial charge on any atom is -0.324 e. The molecule has 13 heteroatoms. The molecule has 1 unspecified atom stereocenters. The molecule has 3 aromatic rings. The van der Waals surface area contributed by atoms with E-state index in [1.54, 1.807) is 0 Å². The molecule has 4 rings (SSSR count). The van der Waals surface area contributed by atoms with Crippen molar-refractivity contribution >= 4 is 11.6 Å². The zero-order valence-electron chi connectivity index (χ0n) is 16.9. The van der Waals surface area contributed by atoms with E-state index in [4.69, 9.17) is 0 Å². The number of pyridine rings is 2. The smallest absolute Gasteiger partial charge is 0.324 e. The Labute approximate surface area is 183 Å². The molecule has 4 heterocycles. The van der Waals surface area contributed by atoms with Gasteiger partial charge in [0.2, 0.25) is 5.95 Å². The summed E-state index contributed by atoms with van der Waals surface area (Å²) in [4.78, 5) is 19.6. The minimum atomic E-state index is -4.66. The maximum absolute atomic E-state index is 13.1. The first-order valence-electron chi connectivity index (χ1n) is 9.94. The van der Waals surface area contributed by atoms with Gasteiger partial charge < -0.3 is 10.6 Å². The first-order valence-corrected chi connectivity index (χ1v) is 9.94. The summed E-state index contributed by atoms with van der Waals surface area (Å²) in [6.07, 6.45) is -5.81. The molecule has 0 aliphatic carbocycles. The Morgan fingerprint density at radius 1 is 0.879 bits per heavy atom. The van der Waals surface area contributed by atoms with Gasteiger partial charge in [-0.15, -0.1) is 0 Å². The van der Waals surface area contributed by atoms with Crippen molar-refractivity contribution in [3.63, 3.8) is 0 Å². The Balaban J connectivity index is 1.74. The molecular formula is C20H17F6N7. The van der Waals surface area contributed by atoms with Gasteiger partial charge in [0.1, 0.15) is 17.1 Å². The molecule has 1 aliphatic heterocycles. The molecular weight excluding hydrogens is 452 g/mol. The number of nitrogens with one attached hydrogen (secondary N) is 2. The Morgan fingerprint density at radius 3 is 2.36 bits per heavy atom. The summed E-state index contributed by atoms with van der Waals surface area (Å²) in [5.41, 5.74) is -2.36. The Hall–Kier alpha value is -3.35. The third-order valence-electron chi connectivity index (χ3n) is 4.85. The summed E-state index contributed by atoms with van der Waals surface area (Å²) in [6.45, 7) is 0.704. The number of piperidine rings is 1. The van der Waals surface area contributed by atoms with E-state index in [1.807, 2.05) is 0 Å².